The summed E-state index contributed by atoms with van der Waals surface area (Å²) in [5.74, 6) is 4.37. The molecule has 0 nitrogen and oxygen atoms in total. The molecule has 0 spiro atoms. The molecule has 1 aromatic carbocycles. The predicted octanol–water partition coefficient (Wildman–Crippen LogP) is 3.07. The maximum absolute atomic E-state index is 5.13. The third kappa shape index (κ3) is 4.45. The van der Waals surface area contributed by atoms with E-state index in [9.17, 15) is 0 Å². The van der Waals surface area contributed by atoms with Gasteiger partial charge in [-0.05, 0) is 5.56 Å². The van der Waals surface area contributed by atoms with E-state index in [0.29, 0.717) is 0 Å². The number of thioether (sulfide) groups is 1. The van der Waals surface area contributed by atoms with E-state index in [1.807, 2.05) is 18.2 Å². The fourth-order valence-corrected chi connectivity index (χ4v) is 1.40. The van der Waals surface area contributed by atoms with Crippen molar-refractivity contribution >= 4 is 17.8 Å². The van der Waals surface area contributed by atoms with Crippen LogP contribution in [0.5, 0.6) is 0 Å². The minimum Gasteiger partial charge on any atom is -0.145 e. The monoisotopic (exact) mass is 188 g/mol. The summed E-state index contributed by atoms with van der Waals surface area (Å²) in [6.45, 7) is 0. The van der Waals surface area contributed by atoms with Crippen LogP contribution in [-0.2, 0) is 0 Å². The molecule has 0 heterocycles. The number of hydrogen-bond donors (Lipinski definition) is 0. The second kappa shape index (κ2) is 6.39. The molecule has 0 saturated heterocycles. The summed E-state index contributed by atoms with van der Waals surface area (Å²) < 4.78 is 0. The molecule has 0 saturated carbocycles. The van der Waals surface area contributed by atoms with Crippen LogP contribution in [0, 0.1) is 12.3 Å². The van der Waals surface area contributed by atoms with Gasteiger partial charge in [0.25, 0.3) is 0 Å². The van der Waals surface area contributed by atoms with Crippen molar-refractivity contribution in [3.8, 4) is 12.3 Å². The summed E-state index contributed by atoms with van der Waals surface area (Å²) in [5, 5.41) is 0. The highest BCUT2D eigenvalue weighted by atomic mass is 32.2. The van der Waals surface area contributed by atoms with Crippen molar-refractivity contribution in [2.45, 2.75) is 0 Å². The molecule has 66 valence electrons. The molecule has 0 aliphatic heterocycles. The van der Waals surface area contributed by atoms with E-state index in [0.717, 1.165) is 11.5 Å². The van der Waals surface area contributed by atoms with Gasteiger partial charge < -0.3 is 0 Å². The molecular formula is C12H12S. The molecule has 0 atom stereocenters. The maximum Gasteiger partial charge on any atom is 0.0547 e. The third-order valence-electron chi connectivity index (χ3n) is 1.51. The maximum atomic E-state index is 5.13. The lowest BCUT2D eigenvalue weighted by atomic mass is 10.2. The summed E-state index contributed by atoms with van der Waals surface area (Å²) >= 11 is 1.75. The second-order valence-corrected chi connectivity index (χ2v) is 3.56. The third-order valence-corrected chi connectivity index (χ3v) is 2.31. The first kappa shape index (κ1) is 9.95. The van der Waals surface area contributed by atoms with Gasteiger partial charge in [-0.15, -0.1) is 18.2 Å². The quantitative estimate of drug-likeness (QED) is 0.517. The largest absolute Gasteiger partial charge is 0.145 e. The SMILES string of the molecule is C#CCSC/C=C/c1ccccc1. The van der Waals surface area contributed by atoms with E-state index in [4.69, 9.17) is 6.42 Å². The molecule has 0 amide bonds. The summed E-state index contributed by atoms with van der Waals surface area (Å²) in [6, 6.07) is 10.3. The van der Waals surface area contributed by atoms with Gasteiger partial charge in [0.15, 0.2) is 0 Å². The van der Waals surface area contributed by atoms with Crippen LogP contribution in [0.4, 0.5) is 0 Å². The lowest BCUT2D eigenvalue weighted by molar-refractivity contribution is 1.65. The standard InChI is InChI=1S/C12H12S/c1-2-10-13-11-6-9-12-7-4-3-5-8-12/h1,3-9H,10-11H2/b9-6+. The van der Waals surface area contributed by atoms with Crippen LogP contribution in [0.3, 0.4) is 0 Å². The number of benzene rings is 1. The highest BCUT2D eigenvalue weighted by molar-refractivity contribution is 7.99. The van der Waals surface area contributed by atoms with Crippen molar-refractivity contribution < 1.29 is 0 Å². The van der Waals surface area contributed by atoms with E-state index in [-0.39, 0.29) is 0 Å². The van der Waals surface area contributed by atoms with E-state index in [2.05, 4.69) is 30.2 Å². The van der Waals surface area contributed by atoms with Crippen LogP contribution in [0.2, 0.25) is 0 Å². The van der Waals surface area contributed by atoms with Crippen LogP contribution in [0.1, 0.15) is 5.56 Å². The van der Waals surface area contributed by atoms with Gasteiger partial charge in [-0.25, -0.2) is 0 Å². The van der Waals surface area contributed by atoms with Gasteiger partial charge in [-0.2, -0.15) is 0 Å². The first-order valence-electron chi connectivity index (χ1n) is 4.16. The molecule has 1 aromatic rings. The molecule has 0 aliphatic rings. The van der Waals surface area contributed by atoms with Crippen molar-refractivity contribution in [1.82, 2.24) is 0 Å². The Labute approximate surface area is 84.1 Å². The average molecular weight is 188 g/mol. The van der Waals surface area contributed by atoms with E-state index in [1.54, 1.807) is 11.8 Å². The van der Waals surface area contributed by atoms with Crippen molar-refractivity contribution in [3.63, 3.8) is 0 Å². The van der Waals surface area contributed by atoms with E-state index < -0.39 is 0 Å². The van der Waals surface area contributed by atoms with Crippen LogP contribution < -0.4 is 0 Å². The van der Waals surface area contributed by atoms with Crippen molar-refractivity contribution in [2.75, 3.05) is 11.5 Å². The lowest BCUT2D eigenvalue weighted by Gasteiger charge is -1.91. The van der Waals surface area contributed by atoms with Crippen LogP contribution >= 0.6 is 11.8 Å². The Kier molecular flexibility index (Phi) is 4.90. The van der Waals surface area contributed by atoms with Crippen LogP contribution in [0.15, 0.2) is 36.4 Å². The Hall–Kier alpha value is -1.13. The van der Waals surface area contributed by atoms with Gasteiger partial charge >= 0.3 is 0 Å². The summed E-state index contributed by atoms with van der Waals surface area (Å²) in [4.78, 5) is 0. The van der Waals surface area contributed by atoms with Gasteiger partial charge in [0, 0.05) is 5.75 Å². The highest BCUT2D eigenvalue weighted by Gasteiger charge is 1.82. The first-order valence-corrected chi connectivity index (χ1v) is 5.32. The Morgan fingerprint density at radius 3 is 2.77 bits per heavy atom. The molecule has 0 unspecified atom stereocenters. The minimum atomic E-state index is 0.791. The second-order valence-electron chi connectivity index (χ2n) is 2.53. The van der Waals surface area contributed by atoms with Crippen LogP contribution in [-0.4, -0.2) is 11.5 Å². The molecule has 0 aromatic heterocycles. The minimum absolute atomic E-state index is 0.791. The predicted molar refractivity (Wildman–Crippen MR) is 61.6 cm³/mol. The molecule has 0 aliphatic carbocycles. The molecule has 1 rings (SSSR count). The topological polar surface area (TPSA) is 0 Å². The van der Waals surface area contributed by atoms with Crippen LogP contribution in [0.25, 0.3) is 6.08 Å². The Bertz CT molecular complexity index is 293. The van der Waals surface area contributed by atoms with Gasteiger partial charge in [0.1, 0.15) is 0 Å². The van der Waals surface area contributed by atoms with Gasteiger partial charge in [0.2, 0.25) is 0 Å². The highest BCUT2D eigenvalue weighted by Crippen LogP contribution is 2.04. The summed E-state index contributed by atoms with van der Waals surface area (Å²) in [6.07, 6.45) is 9.38. The van der Waals surface area contributed by atoms with Gasteiger partial charge in [-0.3, -0.25) is 0 Å². The van der Waals surface area contributed by atoms with Gasteiger partial charge in [0.05, 0.1) is 5.75 Å². The Balaban J connectivity index is 2.29. The molecule has 1 heteroatoms. The molecule has 13 heavy (non-hydrogen) atoms. The lowest BCUT2D eigenvalue weighted by Crippen LogP contribution is -1.74. The fraction of sp³-hybridized carbons (Fsp3) is 0.167. The number of terminal acetylenes is 1. The number of rotatable bonds is 4. The Morgan fingerprint density at radius 2 is 2.08 bits per heavy atom. The zero-order chi connectivity index (χ0) is 9.36. The Morgan fingerprint density at radius 1 is 1.31 bits per heavy atom. The first-order chi connectivity index (χ1) is 6.43. The van der Waals surface area contributed by atoms with Crippen molar-refractivity contribution in [3.05, 3.63) is 42.0 Å². The molecule has 0 N–H and O–H groups in total. The average Bonchev–Trinajstić information content (AvgIpc) is 2.19. The number of hydrogen-bond acceptors (Lipinski definition) is 1. The molecule has 0 radical (unpaired) electrons. The fourth-order valence-electron chi connectivity index (χ4n) is 0.934. The molecule has 0 fully saturated rings. The summed E-state index contributed by atoms with van der Waals surface area (Å²) in [5.41, 5.74) is 1.24. The normalized spacial score (nSPS) is 10.1. The summed E-state index contributed by atoms with van der Waals surface area (Å²) in [7, 11) is 0. The zero-order valence-corrected chi connectivity index (χ0v) is 8.26. The zero-order valence-electron chi connectivity index (χ0n) is 7.44. The van der Waals surface area contributed by atoms with E-state index in [1.165, 1.54) is 5.56 Å². The van der Waals surface area contributed by atoms with E-state index >= 15 is 0 Å². The molecular weight excluding hydrogens is 176 g/mol. The van der Waals surface area contributed by atoms with Gasteiger partial charge in [-0.1, -0.05) is 48.4 Å². The smallest absolute Gasteiger partial charge is 0.0547 e. The molecule has 0 bridgehead atoms. The van der Waals surface area contributed by atoms with Crippen molar-refractivity contribution in [1.29, 1.82) is 0 Å². The van der Waals surface area contributed by atoms with Crippen molar-refractivity contribution in [2.24, 2.45) is 0 Å².